The van der Waals surface area contributed by atoms with Crippen molar-refractivity contribution < 1.29 is 19.5 Å². The van der Waals surface area contributed by atoms with Gasteiger partial charge in [-0.15, -0.1) is 11.3 Å². The van der Waals surface area contributed by atoms with E-state index in [2.05, 4.69) is 21.2 Å². The molecule has 0 fully saturated rings. The number of nitrogens with one attached hydrogen (secondary N) is 1. The minimum absolute atomic E-state index is 0.343. The van der Waals surface area contributed by atoms with Gasteiger partial charge in [0.05, 0.1) is 8.66 Å². The first-order chi connectivity index (χ1) is 9.85. The molecule has 0 aliphatic heterocycles. The average Bonchev–Trinajstić information content (AvgIpc) is 2.83. The number of hydrogen-bond acceptors (Lipinski definition) is 4. The van der Waals surface area contributed by atoms with Crippen LogP contribution in [0.5, 0.6) is 0 Å². The van der Waals surface area contributed by atoms with Crippen molar-refractivity contribution in [1.29, 1.82) is 0 Å². The lowest BCUT2D eigenvalue weighted by Crippen LogP contribution is -2.48. The monoisotopic (exact) mass is 376 g/mol. The van der Waals surface area contributed by atoms with E-state index in [0.717, 1.165) is 3.79 Å². The van der Waals surface area contributed by atoms with Gasteiger partial charge in [-0.2, -0.15) is 0 Å². The normalized spacial score (nSPS) is 11.8. The fourth-order valence-corrected chi connectivity index (χ4v) is 3.03. The van der Waals surface area contributed by atoms with Gasteiger partial charge in [0.2, 0.25) is 5.91 Å². The molecule has 1 unspecified atom stereocenters. The number of carbonyl (C=O) groups excluding carboxylic acids is 2. The molecule has 0 aliphatic rings. The maximum absolute atomic E-state index is 12.2. The molecule has 1 rings (SSSR count). The Morgan fingerprint density at radius 1 is 1.43 bits per heavy atom. The van der Waals surface area contributed by atoms with Gasteiger partial charge in [-0.1, -0.05) is 6.92 Å². The zero-order chi connectivity index (χ0) is 16.0. The van der Waals surface area contributed by atoms with Crippen molar-refractivity contribution >= 4 is 45.1 Å². The van der Waals surface area contributed by atoms with Crippen molar-refractivity contribution in [3.8, 4) is 0 Å². The Labute approximate surface area is 135 Å². The predicted molar refractivity (Wildman–Crippen MR) is 83.5 cm³/mol. The molecule has 1 aromatic rings. The lowest BCUT2D eigenvalue weighted by atomic mass is 10.2. The van der Waals surface area contributed by atoms with E-state index >= 15 is 0 Å². The first-order valence-electron chi connectivity index (χ1n) is 6.42. The molecule has 0 aromatic carbocycles. The molecule has 6 nitrogen and oxygen atoms in total. The average molecular weight is 377 g/mol. The first kappa shape index (κ1) is 17.6. The summed E-state index contributed by atoms with van der Waals surface area (Å²) in [5.74, 6) is -1.82. The van der Waals surface area contributed by atoms with E-state index in [1.807, 2.05) is 6.92 Å². The molecule has 0 aliphatic carbocycles. The molecule has 1 heterocycles. The van der Waals surface area contributed by atoms with Crippen LogP contribution in [0.25, 0.3) is 0 Å². The summed E-state index contributed by atoms with van der Waals surface area (Å²) in [4.78, 5) is 36.6. The Morgan fingerprint density at radius 3 is 2.57 bits per heavy atom. The number of carboxylic acid groups (broad SMARTS) is 1. The number of aliphatic carboxylic acids is 1. The fraction of sp³-hybridized carbons (Fsp3) is 0.462. The molecule has 0 radical (unpaired) electrons. The van der Waals surface area contributed by atoms with Gasteiger partial charge in [-0.25, -0.2) is 0 Å². The number of carbonyl (C=O) groups is 3. The number of nitrogens with zero attached hydrogens (tertiary/aromatic N) is 1. The van der Waals surface area contributed by atoms with Crippen molar-refractivity contribution in [2.75, 3.05) is 13.1 Å². The summed E-state index contributed by atoms with van der Waals surface area (Å²) in [6.07, 6.45) is 0.650. The minimum Gasteiger partial charge on any atom is -0.480 e. The van der Waals surface area contributed by atoms with E-state index in [1.165, 1.54) is 16.2 Å². The summed E-state index contributed by atoms with van der Waals surface area (Å²) >= 11 is 4.53. The Bertz CT molecular complexity index is 532. The van der Waals surface area contributed by atoms with Crippen molar-refractivity contribution in [2.45, 2.75) is 26.3 Å². The molecule has 1 atom stereocenters. The third-order valence-corrected chi connectivity index (χ3v) is 4.27. The third kappa shape index (κ3) is 5.47. The summed E-state index contributed by atoms with van der Waals surface area (Å²) in [5, 5.41) is 11.4. The second-order valence-electron chi connectivity index (χ2n) is 4.45. The molecule has 0 bridgehead atoms. The Balaban J connectivity index is 2.67. The van der Waals surface area contributed by atoms with E-state index in [-0.39, 0.29) is 12.5 Å². The van der Waals surface area contributed by atoms with Crippen LogP contribution in [0.2, 0.25) is 0 Å². The smallest absolute Gasteiger partial charge is 0.323 e. The van der Waals surface area contributed by atoms with Crippen LogP contribution >= 0.6 is 27.3 Å². The Morgan fingerprint density at radius 2 is 2.10 bits per heavy atom. The van der Waals surface area contributed by atoms with Crippen LogP contribution in [0.15, 0.2) is 15.9 Å². The van der Waals surface area contributed by atoms with Crippen molar-refractivity contribution in [1.82, 2.24) is 10.2 Å². The third-order valence-electron chi connectivity index (χ3n) is 2.65. The highest BCUT2D eigenvalue weighted by Gasteiger charge is 2.24. The Kier molecular flexibility index (Phi) is 6.83. The van der Waals surface area contributed by atoms with Gasteiger partial charge in [0, 0.05) is 6.54 Å². The highest BCUT2D eigenvalue weighted by molar-refractivity contribution is 9.11. The van der Waals surface area contributed by atoms with E-state index in [0.29, 0.717) is 17.8 Å². The number of amides is 2. The van der Waals surface area contributed by atoms with Crippen LogP contribution < -0.4 is 5.32 Å². The molecule has 2 amide bonds. The fourth-order valence-electron chi connectivity index (χ4n) is 1.74. The lowest BCUT2D eigenvalue weighted by Gasteiger charge is -2.24. The largest absolute Gasteiger partial charge is 0.480 e. The van der Waals surface area contributed by atoms with Gasteiger partial charge in [0.25, 0.3) is 5.91 Å². The van der Waals surface area contributed by atoms with Crippen LogP contribution in [0, 0.1) is 0 Å². The Hall–Kier alpha value is -1.41. The molecule has 0 spiro atoms. The van der Waals surface area contributed by atoms with Gasteiger partial charge in [0.15, 0.2) is 0 Å². The molecular weight excluding hydrogens is 360 g/mol. The highest BCUT2D eigenvalue weighted by Crippen LogP contribution is 2.21. The minimum atomic E-state index is -1.07. The standard InChI is InChI=1S/C13H17BrN2O4S/c1-3-6-16(7-11(17)18)13(20)8(2)15-12(19)9-4-5-10(14)21-9/h4-5,8H,3,6-7H2,1-2H3,(H,15,19)(H,17,18). The molecule has 21 heavy (non-hydrogen) atoms. The maximum atomic E-state index is 12.2. The molecule has 0 saturated heterocycles. The topological polar surface area (TPSA) is 86.7 Å². The van der Waals surface area contributed by atoms with Gasteiger partial charge >= 0.3 is 5.97 Å². The van der Waals surface area contributed by atoms with Crippen LogP contribution in [-0.2, 0) is 9.59 Å². The van der Waals surface area contributed by atoms with Crippen molar-refractivity contribution in [3.63, 3.8) is 0 Å². The summed E-state index contributed by atoms with van der Waals surface area (Å²) in [7, 11) is 0. The second kappa shape index (κ2) is 8.14. The maximum Gasteiger partial charge on any atom is 0.323 e. The molecule has 2 N–H and O–H groups in total. The van der Waals surface area contributed by atoms with Gasteiger partial charge in [-0.3, -0.25) is 14.4 Å². The van der Waals surface area contributed by atoms with Gasteiger partial charge in [-0.05, 0) is 41.4 Å². The van der Waals surface area contributed by atoms with Crippen LogP contribution in [0.4, 0.5) is 0 Å². The van der Waals surface area contributed by atoms with E-state index in [1.54, 1.807) is 19.1 Å². The first-order valence-corrected chi connectivity index (χ1v) is 8.02. The molecule has 0 saturated carbocycles. The molecule has 8 heteroatoms. The zero-order valence-corrected chi connectivity index (χ0v) is 14.2. The highest BCUT2D eigenvalue weighted by atomic mass is 79.9. The van der Waals surface area contributed by atoms with Crippen molar-refractivity contribution in [3.05, 3.63) is 20.8 Å². The van der Waals surface area contributed by atoms with Gasteiger partial charge < -0.3 is 15.3 Å². The van der Waals surface area contributed by atoms with Gasteiger partial charge in [0.1, 0.15) is 12.6 Å². The van der Waals surface area contributed by atoms with E-state index in [9.17, 15) is 14.4 Å². The van der Waals surface area contributed by atoms with Crippen LogP contribution in [-0.4, -0.2) is 46.9 Å². The second-order valence-corrected chi connectivity index (χ2v) is 6.92. The molecule has 1 aromatic heterocycles. The summed E-state index contributed by atoms with van der Waals surface area (Å²) < 4.78 is 0.824. The molecular formula is C13H17BrN2O4S. The summed E-state index contributed by atoms with van der Waals surface area (Å²) in [6.45, 7) is 3.38. The summed E-state index contributed by atoms with van der Waals surface area (Å²) in [5.41, 5.74) is 0. The number of halogens is 1. The van der Waals surface area contributed by atoms with Crippen LogP contribution in [0.3, 0.4) is 0 Å². The van der Waals surface area contributed by atoms with Crippen molar-refractivity contribution in [2.24, 2.45) is 0 Å². The predicted octanol–water partition coefficient (Wildman–Crippen LogP) is 1.95. The van der Waals surface area contributed by atoms with E-state index in [4.69, 9.17) is 5.11 Å². The van der Waals surface area contributed by atoms with Crippen LogP contribution in [0.1, 0.15) is 29.9 Å². The SMILES string of the molecule is CCCN(CC(=O)O)C(=O)C(C)NC(=O)c1ccc(Br)s1. The summed E-state index contributed by atoms with van der Waals surface area (Å²) in [6, 6.07) is 2.63. The van der Waals surface area contributed by atoms with E-state index < -0.39 is 17.9 Å². The number of carboxylic acids is 1. The quantitative estimate of drug-likeness (QED) is 0.761. The number of hydrogen-bond donors (Lipinski definition) is 2. The number of thiophene rings is 1. The lowest BCUT2D eigenvalue weighted by molar-refractivity contribution is -0.145. The molecule has 116 valence electrons. The zero-order valence-electron chi connectivity index (χ0n) is 11.8. The number of rotatable bonds is 7.